The summed E-state index contributed by atoms with van der Waals surface area (Å²) in [5, 5.41) is 10.5. The van der Waals surface area contributed by atoms with E-state index in [9.17, 15) is 14.7 Å². The van der Waals surface area contributed by atoms with Gasteiger partial charge in [0.15, 0.2) is 6.61 Å². The second kappa shape index (κ2) is 8.18. The van der Waals surface area contributed by atoms with Gasteiger partial charge in [-0.05, 0) is 48.7 Å². The highest BCUT2D eigenvalue weighted by molar-refractivity contribution is 6.21. The number of hydrogen-bond acceptors (Lipinski definition) is 4. The zero-order valence-electron chi connectivity index (χ0n) is 15.8. The van der Waals surface area contributed by atoms with E-state index in [-0.39, 0.29) is 18.1 Å². The fraction of sp³-hybridized carbons (Fsp3) is 0.227. The molecule has 7 nitrogen and oxygen atoms in total. The lowest BCUT2D eigenvalue weighted by Gasteiger charge is -2.15. The number of carboxylic acid groups (broad SMARTS) is 1. The minimum atomic E-state index is -1.03. The number of fused-ring (bicyclic) bond motifs is 1. The fourth-order valence-electron chi connectivity index (χ4n) is 3.45. The highest BCUT2D eigenvalue weighted by Crippen LogP contribution is 2.25. The summed E-state index contributed by atoms with van der Waals surface area (Å²) in [6.07, 6.45) is 7.11. The topological polar surface area (TPSA) is 95.5 Å². The van der Waals surface area contributed by atoms with Crippen molar-refractivity contribution >= 4 is 34.6 Å². The molecule has 29 heavy (non-hydrogen) atoms. The van der Waals surface area contributed by atoms with Crippen molar-refractivity contribution < 1.29 is 19.4 Å². The van der Waals surface area contributed by atoms with Gasteiger partial charge in [0.1, 0.15) is 11.4 Å². The molecule has 1 aliphatic rings. The van der Waals surface area contributed by atoms with Crippen LogP contribution >= 0.6 is 0 Å². The number of rotatable bonds is 6. The van der Waals surface area contributed by atoms with Gasteiger partial charge in [-0.15, -0.1) is 0 Å². The summed E-state index contributed by atoms with van der Waals surface area (Å²) < 4.78 is 5.57. The second-order valence-electron chi connectivity index (χ2n) is 6.91. The molecule has 1 fully saturated rings. The maximum absolute atomic E-state index is 12.1. The van der Waals surface area contributed by atoms with Gasteiger partial charge in [0.05, 0.1) is 5.57 Å². The van der Waals surface area contributed by atoms with E-state index in [2.05, 4.69) is 9.97 Å². The van der Waals surface area contributed by atoms with Crippen LogP contribution in [-0.2, 0) is 9.59 Å². The quantitative estimate of drug-likeness (QED) is 0.629. The number of ether oxygens (including phenoxy) is 1. The molecule has 0 spiro atoms. The first-order valence-corrected chi connectivity index (χ1v) is 9.50. The highest BCUT2D eigenvalue weighted by atomic mass is 16.5. The first-order valence-electron chi connectivity index (χ1n) is 9.50. The van der Waals surface area contributed by atoms with E-state index in [1.807, 2.05) is 12.1 Å². The van der Waals surface area contributed by atoms with E-state index >= 15 is 0 Å². The summed E-state index contributed by atoms with van der Waals surface area (Å²) >= 11 is 0. The summed E-state index contributed by atoms with van der Waals surface area (Å²) in [7, 11) is 0. The van der Waals surface area contributed by atoms with E-state index in [1.54, 1.807) is 47.6 Å². The molecule has 3 heterocycles. The molecule has 0 radical (unpaired) electrons. The average molecular weight is 391 g/mol. The van der Waals surface area contributed by atoms with Crippen molar-refractivity contribution in [3.05, 3.63) is 59.9 Å². The summed E-state index contributed by atoms with van der Waals surface area (Å²) in [5.74, 6) is -0.519. The zero-order chi connectivity index (χ0) is 20.2. The number of aromatic nitrogens is 2. The van der Waals surface area contributed by atoms with Crippen LogP contribution in [0.1, 0.15) is 24.0 Å². The molecule has 1 amide bonds. The highest BCUT2D eigenvalue weighted by Gasteiger charge is 2.18. The number of amides is 1. The Morgan fingerprint density at radius 2 is 1.93 bits per heavy atom. The summed E-state index contributed by atoms with van der Waals surface area (Å²) in [6.45, 7) is 1.57. The number of nitrogens with zero attached hydrogens (tertiary/aromatic N) is 2. The Hall–Kier alpha value is -3.61. The molecule has 1 aliphatic heterocycles. The molecule has 1 aromatic carbocycles. The third-order valence-corrected chi connectivity index (χ3v) is 5.00. The van der Waals surface area contributed by atoms with Crippen molar-refractivity contribution in [3.63, 3.8) is 0 Å². The van der Waals surface area contributed by atoms with Crippen molar-refractivity contribution in [1.29, 1.82) is 0 Å². The molecule has 4 rings (SSSR count). The van der Waals surface area contributed by atoms with Crippen LogP contribution in [0, 0.1) is 0 Å². The van der Waals surface area contributed by atoms with Gasteiger partial charge in [0.2, 0.25) is 0 Å². The molecular weight excluding hydrogens is 370 g/mol. The number of benzene rings is 1. The molecule has 3 aromatic rings. The Labute approximate surface area is 167 Å². The number of pyridine rings is 1. The van der Waals surface area contributed by atoms with Crippen LogP contribution < -0.4 is 4.74 Å². The van der Waals surface area contributed by atoms with Crippen molar-refractivity contribution in [2.45, 2.75) is 12.8 Å². The summed E-state index contributed by atoms with van der Waals surface area (Å²) in [6, 6.07) is 10.4. The molecule has 0 unspecified atom stereocenters. The molecule has 148 valence electrons. The van der Waals surface area contributed by atoms with Crippen LogP contribution in [0.25, 0.3) is 22.7 Å². The normalized spacial score (nSPS) is 14.3. The Bertz CT molecular complexity index is 1060. The van der Waals surface area contributed by atoms with Crippen LogP contribution in [0.15, 0.2) is 48.8 Å². The van der Waals surface area contributed by atoms with Crippen molar-refractivity contribution in [2.24, 2.45) is 0 Å². The molecule has 2 aromatic heterocycles. The summed E-state index contributed by atoms with van der Waals surface area (Å²) in [5.41, 5.74) is 2.17. The smallest absolute Gasteiger partial charge is 0.336 e. The monoisotopic (exact) mass is 391 g/mol. The Kier molecular flexibility index (Phi) is 5.29. The largest absolute Gasteiger partial charge is 0.484 e. The molecule has 1 saturated heterocycles. The standard InChI is InChI=1S/C22H21N3O4/c26-20(25-10-1-2-11-25)14-29-17-7-5-15(6-8-17)19(22(27)28)12-16-13-24-21-18(16)4-3-9-23-21/h3-9,12-13H,1-2,10-11,14H2,(H,23,24)(H,27,28)/b19-12-. The van der Waals surface area contributed by atoms with E-state index in [0.29, 0.717) is 17.0 Å². The van der Waals surface area contributed by atoms with Crippen molar-refractivity contribution in [3.8, 4) is 5.75 Å². The molecular formula is C22H21N3O4. The van der Waals surface area contributed by atoms with Crippen LogP contribution in [0.2, 0.25) is 0 Å². The van der Waals surface area contributed by atoms with E-state index < -0.39 is 5.97 Å². The van der Waals surface area contributed by atoms with Gasteiger partial charge in [-0.1, -0.05) is 12.1 Å². The van der Waals surface area contributed by atoms with Crippen LogP contribution in [-0.4, -0.2) is 51.5 Å². The van der Waals surface area contributed by atoms with Gasteiger partial charge in [-0.2, -0.15) is 0 Å². The minimum Gasteiger partial charge on any atom is -0.484 e. The van der Waals surface area contributed by atoms with Crippen molar-refractivity contribution in [2.75, 3.05) is 19.7 Å². The van der Waals surface area contributed by atoms with Crippen LogP contribution in [0.4, 0.5) is 0 Å². The van der Waals surface area contributed by atoms with E-state index in [1.165, 1.54) is 0 Å². The molecule has 2 N–H and O–H groups in total. The fourth-order valence-corrected chi connectivity index (χ4v) is 3.45. The first-order chi connectivity index (χ1) is 14.1. The van der Waals surface area contributed by atoms with Gasteiger partial charge < -0.3 is 19.7 Å². The van der Waals surface area contributed by atoms with Gasteiger partial charge in [-0.3, -0.25) is 4.79 Å². The minimum absolute atomic E-state index is 0.0106. The predicted octanol–water partition coefficient (Wildman–Crippen LogP) is 3.19. The van der Waals surface area contributed by atoms with Crippen LogP contribution in [0.5, 0.6) is 5.75 Å². The Morgan fingerprint density at radius 1 is 1.17 bits per heavy atom. The summed E-state index contributed by atoms with van der Waals surface area (Å²) in [4.78, 5) is 33.0. The molecule has 0 aliphatic carbocycles. The van der Waals surface area contributed by atoms with Gasteiger partial charge in [0, 0.05) is 36.4 Å². The third kappa shape index (κ3) is 4.13. The molecule has 7 heteroatoms. The number of aromatic amines is 1. The van der Waals surface area contributed by atoms with Crippen LogP contribution in [0.3, 0.4) is 0 Å². The average Bonchev–Trinajstić information content (AvgIpc) is 3.41. The number of likely N-dealkylation sites (tertiary alicyclic amines) is 1. The van der Waals surface area contributed by atoms with E-state index in [4.69, 9.17) is 4.74 Å². The second-order valence-corrected chi connectivity index (χ2v) is 6.91. The van der Waals surface area contributed by atoms with Gasteiger partial charge in [0.25, 0.3) is 5.91 Å². The Balaban J connectivity index is 1.51. The third-order valence-electron chi connectivity index (χ3n) is 5.00. The molecule has 0 atom stereocenters. The number of aliphatic carboxylic acids is 1. The van der Waals surface area contributed by atoms with Crippen molar-refractivity contribution in [1.82, 2.24) is 14.9 Å². The lowest BCUT2D eigenvalue weighted by molar-refractivity contribution is -0.132. The lowest BCUT2D eigenvalue weighted by atomic mass is 10.0. The molecule has 0 saturated carbocycles. The number of carbonyl (C=O) groups excluding carboxylic acids is 1. The number of carbonyl (C=O) groups is 2. The number of nitrogens with one attached hydrogen (secondary N) is 1. The maximum Gasteiger partial charge on any atom is 0.336 e. The molecule has 0 bridgehead atoms. The van der Waals surface area contributed by atoms with Gasteiger partial charge in [-0.25, -0.2) is 9.78 Å². The zero-order valence-corrected chi connectivity index (χ0v) is 15.8. The lowest BCUT2D eigenvalue weighted by Crippen LogP contribution is -2.32. The predicted molar refractivity (Wildman–Crippen MR) is 109 cm³/mol. The Morgan fingerprint density at radius 3 is 2.66 bits per heavy atom. The SMILES string of the molecule is O=C(O)/C(=C\c1c[nH]c2ncccc12)c1ccc(OCC(=O)N2CCCC2)cc1. The van der Waals surface area contributed by atoms with Gasteiger partial charge >= 0.3 is 5.97 Å². The maximum atomic E-state index is 12.1. The number of H-pyrrole nitrogens is 1. The first kappa shape index (κ1) is 18.7. The van der Waals surface area contributed by atoms with E-state index in [0.717, 1.165) is 36.9 Å². The number of carboxylic acids is 1. The number of hydrogen-bond donors (Lipinski definition) is 2.